The lowest BCUT2D eigenvalue weighted by atomic mass is 10.1. The number of aryl methyl sites for hydroxylation is 1. The Hall–Kier alpha value is -1.97. The molecule has 0 spiro atoms. The molecular formula is C15H14F3N. The fourth-order valence-corrected chi connectivity index (χ4v) is 1.90. The first-order valence-corrected chi connectivity index (χ1v) is 5.92. The molecule has 1 N–H and O–H groups in total. The van der Waals surface area contributed by atoms with Crippen LogP contribution in [-0.4, -0.2) is 6.18 Å². The summed E-state index contributed by atoms with van der Waals surface area (Å²) < 4.78 is 39.4. The van der Waals surface area contributed by atoms with Crippen molar-refractivity contribution >= 4 is 5.69 Å². The van der Waals surface area contributed by atoms with Crippen LogP contribution in [0.2, 0.25) is 0 Å². The highest BCUT2D eigenvalue weighted by molar-refractivity contribution is 5.48. The molecule has 2 rings (SSSR count). The maximum atomic E-state index is 13.1. The quantitative estimate of drug-likeness (QED) is 0.847. The highest BCUT2D eigenvalue weighted by Gasteiger charge is 2.40. The zero-order chi connectivity index (χ0) is 13.9. The van der Waals surface area contributed by atoms with E-state index in [1.807, 2.05) is 13.0 Å². The van der Waals surface area contributed by atoms with Crippen LogP contribution < -0.4 is 5.32 Å². The minimum Gasteiger partial charge on any atom is -0.370 e. The van der Waals surface area contributed by atoms with E-state index in [1.54, 1.807) is 36.4 Å². The Balaban J connectivity index is 2.30. The molecule has 0 saturated heterocycles. The summed E-state index contributed by atoms with van der Waals surface area (Å²) in [5, 5.41) is 2.55. The van der Waals surface area contributed by atoms with Crippen molar-refractivity contribution in [2.24, 2.45) is 0 Å². The van der Waals surface area contributed by atoms with Gasteiger partial charge in [0.25, 0.3) is 0 Å². The highest BCUT2D eigenvalue weighted by atomic mass is 19.4. The zero-order valence-electron chi connectivity index (χ0n) is 10.4. The van der Waals surface area contributed by atoms with E-state index in [1.165, 1.54) is 12.1 Å². The molecule has 0 amide bonds. The average molecular weight is 265 g/mol. The topological polar surface area (TPSA) is 12.0 Å². The van der Waals surface area contributed by atoms with Crippen molar-refractivity contribution in [2.75, 3.05) is 5.32 Å². The molecule has 1 atom stereocenters. The second kappa shape index (κ2) is 5.34. The minimum atomic E-state index is -4.34. The van der Waals surface area contributed by atoms with Crippen LogP contribution in [0, 0.1) is 6.92 Å². The van der Waals surface area contributed by atoms with Crippen LogP contribution in [0.5, 0.6) is 0 Å². The van der Waals surface area contributed by atoms with Crippen molar-refractivity contribution in [1.82, 2.24) is 0 Å². The number of benzene rings is 2. The Morgan fingerprint density at radius 2 is 1.63 bits per heavy atom. The number of hydrogen-bond donors (Lipinski definition) is 1. The number of hydrogen-bond acceptors (Lipinski definition) is 1. The van der Waals surface area contributed by atoms with Gasteiger partial charge >= 0.3 is 6.18 Å². The molecule has 4 heteroatoms. The third-order valence-electron chi connectivity index (χ3n) is 2.79. The molecule has 0 aliphatic rings. The van der Waals surface area contributed by atoms with E-state index in [-0.39, 0.29) is 5.56 Å². The maximum Gasteiger partial charge on any atom is 0.412 e. The number of nitrogens with one attached hydrogen (secondary N) is 1. The van der Waals surface area contributed by atoms with Crippen molar-refractivity contribution in [3.63, 3.8) is 0 Å². The van der Waals surface area contributed by atoms with Crippen molar-refractivity contribution in [1.29, 1.82) is 0 Å². The Morgan fingerprint density at radius 1 is 0.947 bits per heavy atom. The van der Waals surface area contributed by atoms with Gasteiger partial charge in [-0.15, -0.1) is 0 Å². The zero-order valence-corrected chi connectivity index (χ0v) is 10.4. The largest absolute Gasteiger partial charge is 0.412 e. The van der Waals surface area contributed by atoms with Crippen LogP contribution in [0.4, 0.5) is 18.9 Å². The fourth-order valence-electron chi connectivity index (χ4n) is 1.90. The number of halogens is 3. The molecule has 19 heavy (non-hydrogen) atoms. The van der Waals surface area contributed by atoms with Crippen molar-refractivity contribution in [3.05, 3.63) is 65.7 Å². The van der Waals surface area contributed by atoms with Gasteiger partial charge in [-0.2, -0.15) is 13.2 Å². The van der Waals surface area contributed by atoms with E-state index in [4.69, 9.17) is 0 Å². The predicted molar refractivity (Wildman–Crippen MR) is 70.0 cm³/mol. The average Bonchev–Trinajstić information content (AvgIpc) is 2.36. The molecule has 0 heterocycles. The molecule has 100 valence electrons. The van der Waals surface area contributed by atoms with Gasteiger partial charge in [0.05, 0.1) is 0 Å². The Labute approximate surface area is 110 Å². The SMILES string of the molecule is Cc1cccc(NC(c2ccccc2)C(F)(F)F)c1. The van der Waals surface area contributed by atoms with E-state index in [0.717, 1.165) is 5.56 Å². The van der Waals surface area contributed by atoms with Gasteiger partial charge in [0.1, 0.15) is 6.04 Å². The predicted octanol–water partition coefficient (Wildman–Crippen LogP) is 4.71. The molecule has 0 radical (unpaired) electrons. The standard InChI is InChI=1S/C15H14F3N/c1-11-6-5-9-13(10-11)19-14(15(16,17)18)12-7-3-2-4-8-12/h2-10,14,19H,1H3. The first kappa shape index (κ1) is 13.5. The van der Waals surface area contributed by atoms with Crippen LogP contribution in [0.1, 0.15) is 17.2 Å². The van der Waals surface area contributed by atoms with Gasteiger partial charge in [-0.1, -0.05) is 42.5 Å². The first-order chi connectivity index (χ1) is 8.97. The molecular weight excluding hydrogens is 251 g/mol. The molecule has 0 aromatic heterocycles. The van der Waals surface area contributed by atoms with E-state index in [2.05, 4.69) is 5.32 Å². The summed E-state index contributed by atoms with van der Waals surface area (Å²) in [4.78, 5) is 0. The smallest absolute Gasteiger partial charge is 0.370 e. The Bertz CT molecular complexity index is 535. The van der Waals surface area contributed by atoms with Gasteiger partial charge in [0.15, 0.2) is 0 Å². The third-order valence-corrected chi connectivity index (χ3v) is 2.79. The molecule has 0 aliphatic carbocycles. The molecule has 0 bridgehead atoms. The van der Waals surface area contributed by atoms with Gasteiger partial charge in [0.2, 0.25) is 0 Å². The fraction of sp³-hybridized carbons (Fsp3) is 0.200. The van der Waals surface area contributed by atoms with Gasteiger partial charge in [0, 0.05) is 5.69 Å². The van der Waals surface area contributed by atoms with E-state index in [0.29, 0.717) is 5.69 Å². The van der Waals surface area contributed by atoms with Crippen LogP contribution >= 0.6 is 0 Å². The molecule has 2 aromatic carbocycles. The molecule has 1 unspecified atom stereocenters. The van der Waals surface area contributed by atoms with Crippen LogP contribution in [0.3, 0.4) is 0 Å². The summed E-state index contributed by atoms with van der Waals surface area (Å²) in [6, 6.07) is 13.1. The van der Waals surface area contributed by atoms with Gasteiger partial charge in [-0.3, -0.25) is 0 Å². The van der Waals surface area contributed by atoms with Crippen molar-refractivity contribution < 1.29 is 13.2 Å². The normalized spacial score (nSPS) is 13.1. The maximum absolute atomic E-state index is 13.1. The van der Waals surface area contributed by atoms with E-state index < -0.39 is 12.2 Å². The van der Waals surface area contributed by atoms with Gasteiger partial charge < -0.3 is 5.32 Å². The number of rotatable bonds is 3. The monoisotopic (exact) mass is 265 g/mol. The first-order valence-electron chi connectivity index (χ1n) is 5.92. The summed E-state index contributed by atoms with van der Waals surface area (Å²) in [6.07, 6.45) is -4.34. The molecule has 1 nitrogen and oxygen atoms in total. The second-order valence-corrected chi connectivity index (χ2v) is 4.40. The molecule has 0 aliphatic heterocycles. The lowest BCUT2D eigenvalue weighted by molar-refractivity contribution is -0.144. The lowest BCUT2D eigenvalue weighted by Gasteiger charge is -2.23. The van der Waals surface area contributed by atoms with Crippen LogP contribution in [0.15, 0.2) is 54.6 Å². The summed E-state index contributed by atoms with van der Waals surface area (Å²) in [5.41, 5.74) is 1.58. The molecule has 0 fully saturated rings. The van der Waals surface area contributed by atoms with Crippen molar-refractivity contribution in [2.45, 2.75) is 19.1 Å². The Kier molecular flexibility index (Phi) is 3.79. The summed E-state index contributed by atoms with van der Waals surface area (Å²) in [5.74, 6) is 0. The number of alkyl halides is 3. The second-order valence-electron chi connectivity index (χ2n) is 4.40. The minimum absolute atomic E-state index is 0.205. The lowest BCUT2D eigenvalue weighted by Crippen LogP contribution is -2.27. The molecule has 2 aromatic rings. The van der Waals surface area contributed by atoms with Crippen molar-refractivity contribution in [3.8, 4) is 0 Å². The van der Waals surface area contributed by atoms with Gasteiger partial charge in [-0.25, -0.2) is 0 Å². The molecule has 0 saturated carbocycles. The summed E-state index contributed by atoms with van der Waals surface area (Å²) in [6.45, 7) is 1.84. The van der Waals surface area contributed by atoms with Crippen LogP contribution in [0.25, 0.3) is 0 Å². The summed E-state index contributed by atoms with van der Waals surface area (Å²) >= 11 is 0. The van der Waals surface area contributed by atoms with E-state index in [9.17, 15) is 13.2 Å². The highest BCUT2D eigenvalue weighted by Crippen LogP contribution is 2.35. The Morgan fingerprint density at radius 3 is 2.21 bits per heavy atom. The van der Waals surface area contributed by atoms with Gasteiger partial charge in [-0.05, 0) is 30.2 Å². The van der Waals surface area contributed by atoms with Crippen LogP contribution in [-0.2, 0) is 0 Å². The van der Waals surface area contributed by atoms with E-state index >= 15 is 0 Å². The third kappa shape index (κ3) is 3.50. The number of anilines is 1. The summed E-state index contributed by atoms with van der Waals surface area (Å²) in [7, 11) is 0.